The Morgan fingerprint density at radius 3 is 2.65 bits per heavy atom. The van der Waals surface area contributed by atoms with Crippen LogP contribution >= 0.6 is 0 Å². The first-order chi connectivity index (χ1) is 9.57. The highest BCUT2D eigenvalue weighted by molar-refractivity contribution is 7.89. The molecule has 0 aromatic heterocycles. The average Bonchev–Trinajstić information content (AvgIpc) is 3.21. The second kappa shape index (κ2) is 7.20. The molecule has 2 rings (SSSR count). The van der Waals surface area contributed by atoms with Gasteiger partial charge in [0.15, 0.2) is 0 Å². The summed E-state index contributed by atoms with van der Waals surface area (Å²) < 4.78 is 26.3. The molecule has 1 aliphatic carbocycles. The fourth-order valence-corrected chi connectivity index (χ4v) is 3.24. The molecular weight excluding hydrogens is 272 g/mol. The molecule has 112 valence electrons. The number of sulfonamides is 1. The first-order valence-electron chi connectivity index (χ1n) is 7.32. The fraction of sp³-hybridized carbons (Fsp3) is 0.600. The van der Waals surface area contributed by atoms with Gasteiger partial charge < -0.3 is 5.32 Å². The van der Waals surface area contributed by atoms with Crippen LogP contribution in [0.15, 0.2) is 24.3 Å². The van der Waals surface area contributed by atoms with Crippen molar-refractivity contribution in [1.29, 1.82) is 0 Å². The third kappa shape index (κ3) is 5.61. The van der Waals surface area contributed by atoms with E-state index in [1.54, 1.807) is 0 Å². The Kier molecular flexibility index (Phi) is 5.57. The van der Waals surface area contributed by atoms with Crippen LogP contribution in [0.2, 0.25) is 0 Å². The molecule has 1 saturated carbocycles. The van der Waals surface area contributed by atoms with Gasteiger partial charge in [-0.15, -0.1) is 0 Å². The summed E-state index contributed by atoms with van der Waals surface area (Å²) >= 11 is 0. The number of benzene rings is 1. The molecule has 0 atom stereocenters. The summed E-state index contributed by atoms with van der Waals surface area (Å²) in [6.45, 7) is 3.32. The van der Waals surface area contributed by atoms with Gasteiger partial charge in [-0.2, -0.15) is 0 Å². The number of rotatable bonds is 9. The van der Waals surface area contributed by atoms with Gasteiger partial charge in [0.05, 0.1) is 5.75 Å². The van der Waals surface area contributed by atoms with Crippen molar-refractivity contribution >= 4 is 10.0 Å². The van der Waals surface area contributed by atoms with Crippen molar-refractivity contribution in [2.75, 3.05) is 18.8 Å². The molecule has 1 aromatic carbocycles. The van der Waals surface area contributed by atoms with E-state index in [9.17, 15) is 8.42 Å². The van der Waals surface area contributed by atoms with Gasteiger partial charge >= 0.3 is 0 Å². The third-order valence-electron chi connectivity index (χ3n) is 3.58. The molecule has 0 aliphatic heterocycles. The molecule has 1 fully saturated rings. The van der Waals surface area contributed by atoms with Crippen LogP contribution in [0.1, 0.15) is 30.4 Å². The molecular formula is C15H24N2O2S. The van der Waals surface area contributed by atoms with Crippen LogP contribution in [0, 0.1) is 6.92 Å². The van der Waals surface area contributed by atoms with Crippen LogP contribution in [-0.2, 0) is 16.4 Å². The van der Waals surface area contributed by atoms with E-state index in [2.05, 4.69) is 10.0 Å². The van der Waals surface area contributed by atoms with E-state index < -0.39 is 10.0 Å². The van der Waals surface area contributed by atoms with Gasteiger partial charge in [-0.25, -0.2) is 13.1 Å². The van der Waals surface area contributed by atoms with Gasteiger partial charge in [-0.05, 0) is 50.3 Å². The van der Waals surface area contributed by atoms with E-state index in [4.69, 9.17) is 0 Å². The predicted octanol–water partition coefficient (Wildman–Crippen LogP) is 1.60. The highest BCUT2D eigenvalue weighted by Gasteiger charge is 2.20. The molecule has 0 unspecified atom stereocenters. The smallest absolute Gasteiger partial charge is 0.211 e. The number of hydrogen-bond acceptors (Lipinski definition) is 3. The van der Waals surface area contributed by atoms with Crippen LogP contribution < -0.4 is 10.0 Å². The Morgan fingerprint density at radius 2 is 1.95 bits per heavy atom. The van der Waals surface area contributed by atoms with E-state index in [1.165, 1.54) is 24.0 Å². The first-order valence-corrected chi connectivity index (χ1v) is 8.97. The second-order valence-electron chi connectivity index (χ2n) is 5.47. The Hall–Kier alpha value is -0.910. The maximum atomic E-state index is 11.8. The topological polar surface area (TPSA) is 58.2 Å². The minimum Gasteiger partial charge on any atom is -0.314 e. The summed E-state index contributed by atoms with van der Waals surface area (Å²) in [6.07, 6.45) is 3.89. The standard InChI is InChI=1S/C15H24N2O2S/c1-13-5-2-3-6-14(13)9-11-17-20(18,19)12-4-10-16-15-7-8-15/h2-3,5-6,15-17H,4,7-12H2,1H3. The van der Waals surface area contributed by atoms with Crippen molar-refractivity contribution in [3.63, 3.8) is 0 Å². The molecule has 0 saturated heterocycles. The van der Waals surface area contributed by atoms with Crippen molar-refractivity contribution in [2.24, 2.45) is 0 Å². The predicted molar refractivity (Wildman–Crippen MR) is 82.3 cm³/mol. The molecule has 5 heteroatoms. The molecule has 1 aliphatic rings. The first kappa shape index (κ1) is 15.5. The normalized spacial score (nSPS) is 15.4. The van der Waals surface area contributed by atoms with Gasteiger partial charge in [-0.1, -0.05) is 24.3 Å². The quantitative estimate of drug-likeness (QED) is 0.681. The van der Waals surface area contributed by atoms with Gasteiger partial charge in [0.2, 0.25) is 10.0 Å². The van der Waals surface area contributed by atoms with E-state index >= 15 is 0 Å². The molecule has 1 aromatic rings. The summed E-state index contributed by atoms with van der Waals surface area (Å²) in [7, 11) is -3.13. The lowest BCUT2D eigenvalue weighted by molar-refractivity contribution is 0.574. The summed E-state index contributed by atoms with van der Waals surface area (Å²) in [4.78, 5) is 0. The number of nitrogens with one attached hydrogen (secondary N) is 2. The highest BCUT2D eigenvalue weighted by Crippen LogP contribution is 2.18. The van der Waals surface area contributed by atoms with Gasteiger partial charge in [-0.3, -0.25) is 0 Å². The average molecular weight is 296 g/mol. The van der Waals surface area contributed by atoms with E-state index in [0.717, 1.165) is 13.0 Å². The summed E-state index contributed by atoms with van der Waals surface area (Å²) in [5, 5.41) is 3.33. The minimum atomic E-state index is -3.13. The van der Waals surface area contributed by atoms with E-state index in [1.807, 2.05) is 31.2 Å². The Balaban J connectivity index is 1.65. The zero-order valence-electron chi connectivity index (χ0n) is 12.1. The van der Waals surface area contributed by atoms with E-state index in [-0.39, 0.29) is 5.75 Å². The minimum absolute atomic E-state index is 0.209. The number of hydrogen-bond donors (Lipinski definition) is 2. The zero-order chi connectivity index (χ0) is 14.4. The lowest BCUT2D eigenvalue weighted by Crippen LogP contribution is -2.30. The summed E-state index contributed by atoms with van der Waals surface area (Å²) in [5.41, 5.74) is 2.41. The second-order valence-corrected chi connectivity index (χ2v) is 7.40. The molecule has 20 heavy (non-hydrogen) atoms. The largest absolute Gasteiger partial charge is 0.314 e. The Bertz CT molecular complexity index is 524. The third-order valence-corrected chi connectivity index (χ3v) is 5.05. The molecule has 0 heterocycles. The lowest BCUT2D eigenvalue weighted by atomic mass is 10.1. The van der Waals surface area contributed by atoms with Crippen LogP contribution in [0.4, 0.5) is 0 Å². The fourth-order valence-electron chi connectivity index (χ4n) is 2.16. The van der Waals surface area contributed by atoms with Crippen LogP contribution in [-0.4, -0.2) is 33.3 Å². The Morgan fingerprint density at radius 1 is 1.20 bits per heavy atom. The summed E-state index contributed by atoms with van der Waals surface area (Å²) in [6, 6.07) is 8.72. The maximum Gasteiger partial charge on any atom is 0.211 e. The van der Waals surface area contributed by atoms with Crippen molar-refractivity contribution in [1.82, 2.24) is 10.0 Å². The maximum absolute atomic E-state index is 11.8. The van der Waals surface area contributed by atoms with Crippen molar-refractivity contribution in [3.8, 4) is 0 Å². The molecule has 0 spiro atoms. The van der Waals surface area contributed by atoms with Crippen molar-refractivity contribution in [3.05, 3.63) is 35.4 Å². The summed E-state index contributed by atoms with van der Waals surface area (Å²) in [5.74, 6) is 0.209. The van der Waals surface area contributed by atoms with Crippen LogP contribution in [0.25, 0.3) is 0 Å². The van der Waals surface area contributed by atoms with E-state index in [0.29, 0.717) is 19.0 Å². The Labute approximate surface area is 122 Å². The molecule has 0 bridgehead atoms. The van der Waals surface area contributed by atoms with Gasteiger partial charge in [0.25, 0.3) is 0 Å². The molecule has 0 amide bonds. The number of aryl methyl sites for hydroxylation is 1. The van der Waals surface area contributed by atoms with Gasteiger partial charge in [0.1, 0.15) is 0 Å². The van der Waals surface area contributed by atoms with Crippen LogP contribution in [0.3, 0.4) is 0 Å². The van der Waals surface area contributed by atoms with Crippen LogP contribution in [0.5, 0.6) is 0 Å². The van der Waals surface area contributed by atoms with Gasteiger partial charge in [0, 0.05) is 12.6 Å². The monoisotopic (exact) mass is 296 g/mol. The zero-order valence-corrected chi connectivity index (χ0v) is 12.9. The van der Waals surface area contributed by atoms with Crippen molar-refractivity contribution < 1.29 is 8.42 Å². The lowest BCUT2D eigenvalue weighted by Gasteiger charge is -2.08. The molecule has 2 N–H and O–H groups in total. The van der Waals surface area contributed by atoms with Crippen molar-refractivity contribution in [2.45, 2.75) is 38.6 Å². The SMILES string of the molecule is Cc1ccccc1CCNS(=O)(=O)CCCNC1CC1. The highest BCUT2D eigenvalue weighted by atomic mass is 32.2. The molecule has 4 nitrogen and oxygen atoms in total. The molecule has 0 radical (unpaired) electrons.